The number of aliphatic imine (C=N–C) groups is 1. The fourth-order valence-corrected chi connectivity index (χ4v) is 3.97. The summed E-state index contributed by atoms with van der Waals surface area (Å²) < 4.78 is 19.8. The van der Waals surface area contributed by atoms with Crippen molar-refractivity contribution in [2.75, 3.05) is 20.1 Å². The van der Waals surface area contributed by atoms with E-state index < -0.39 is 5.82 Å². The minimum Gasteiger partial charge on any atom is -0.489 e. The van der Waals surface area contributed by atoms with Crippen molar-refractivity contribution in [2.24, 2.45) is 4.99 Å². The van der Waals surface area contributed by atoms with Crippen LogP contribution in [0.25, 0.3) is 0 Å². The van der Waals surface area contributed by atoms with Gasteiger partial charge in [-0.3, -0.25) is 4.79 Å². The van der Waals surface area contributed by atoms with Crippen molar-refractivity contribution in [1.29, 1.82) is 5.41 Å². The first-order chi connectivity index (χ1) is 14.8. The first kappa shape index (κ1) is 21.2. The molecule has 1 amide bonds. The number of allylic oxidation sites excluding steroid dienone is 2. The molecule has 164 valence electrons. The number of hydrogen-bond acceptors (Lipinski definition) is 6. The molecule has 8 heteroatoms. The minimum atomic E-state index is -0.443. The predicted molar refractivity (Wildman–Crippen MR) is 118 cm³/mol. The van der Waals surface area contributed by atoms with Gasteiger partial charge in [-0.1, -0.05) is 0 Å². The maximum Gasteiger partial charge on any atom is 0.258 e. The van der Waals surface area contributed by atoms with E-state index in [1.165, 1.54) is 18.2 Å². The van der Waals surface area contributed by atoms with E-state index in [-0.39, 0.29) is 30.9 Å². The Morgan fingerprint density at radius 1 is 1.29 bits per heavy atom. The maximum absolute atomic E-state index is 13.9. The van der Waals surface area contributed by atoms with Gasteiger partial charge in [0, 0.05) is 29.1 Å². The molecule has 2 heterocycles. The topological polar surface area (TPSA) is 89.8 Å². The van der Waals surface area contributed by atoms with Gasteiger partial charge in [-0.25, -0.2) is 9.38 Å². The van der Waals surface area contributed by atoms with E-state index in [0.717, 1.165) is 29.8 Å². The first-order valence-electron chi connectivity index (χ1n) is 10.5. The van der Waals surface area contributed by atoms with Gasteiger partial charge >= 0.3 is 0 Å². The summed E-state index contributed by atoms with van der Waals surface area (Å²) >= 11 is 0. The van der Waals surface area contributed by atoms with E-state index in [9.17, 15) is 9.18 Å². The van der Waals surface area contributed by atoms with E-state index in [1.807, 2.05) is 27.8 Å². The normalized spacial score (nSPS) is 25.9. The van der Waals surface area contributed by atoms with Gasteiger partial charge in [0.1, 0.15) is 23.5 Å². The quantitative estimate of drug-likeness (QED) is 0.692. The van der Waals surface area contributed by atoms with E-state index >= 15 is 0 Å². The van der Waals surface area contributed by atoms with Crippen LogP contribution in [0.15, 0.2) is 45.9 Å². The summed E-state index contributed by atoms with van der Waals surface area (Å²) in [7, 11) is 1.90. The van der Waals surface area contributed by atoms with Crippen LogP contribution in [0.5, 0.6) is 5.75 Å². The van der Waals surface area contributed by atoms with Gasteiger partial charge in [0.25, 0.3) is 5.91 Å². The highest BCUT2D eigenvalue weighted by Crippen LogP contribution is 2.31. The molecule has 1 saturated carbocycles. The molecule has 1 saturated heterocycles. The third-order valence-electron chi connectivity index (χ3n) is 6.30. The average Bonchev–Trinajstić information content (AvgIpc) is 3.09. The smallest absolute Gasteiger partial charge is 0.258 e. The third kappa shape index (κ3) is 4.12. The number of carbonyl (C=O) groups is 1. The third-order valence-corrected chi connectivity index (χ3v) is 6.30. The molecular weight excluding hydrogens is 397 g/mol. The van der Waals surface area contributed by atoms with Crippen LogP contribution in [0, 0.1) is 11.2 Å². The highest BCUT2D eigenvalue weighted by Gasteiger charge is 2.34. The Hall–Kier alpha value is -3.00. The Morgan fingerprint density at radius 2 is 2.03 bits per heavy atom. The zero-order valence-electron chi connectivity index (χ0n) is 18.3. The molecule has 1 aromatic carbocycles. The van der Waals surface area contributed by atoms with Crippen LogP contribution in [-0.4, -0.2) is 54.5 Å². The summed E-state index contributed by atoms with van der Waals surface area (Å²) in [5.41, 5.74) is 4.32. The fourth-order valence-electron chi connectivity index (χ4n) is 3.97. The van der Waals surface area contributed by atoms with Crippen molar-refractivity contribution in [3.05, 3.63) is 52.2 Å². The SMILES string of the molecule is CNC1CC(Oc2cc(F)ccc2C(=O)N2CC(=N)/C(=C3/N=C(C)C(C)=C(C)N3)C2)C1. The number of ether oxygens (including phenoxy) is 1. The molecule has 0 aromatic heterocycles. The molecule has 7 nitrogen and oxygen atoms in total. The zero-order valence-corrected chi connectivity index (χ0v) is 18.3. The van der Waals surface area contributed by atoms with Crippen molar-refractivity contribution in [2.45, 2.75) is 45.8 Å². The number of halogens is 1. The number of benzene rings is 1. The van der Waals surface area contributed by atoms with E-state index in [1.54, 1.807) is 4.90 Å². The minimum absolute atomic E-state index is 0.0397. The second-order valence-electron chi connectivity index (χ2n) is 8.38. The molecule has 0 bridgehead atoms. The van der Waals surface area contributed by atoms with E-state index in [4.69, 9.17) is 10.1 Å². The summed E-state index contributed by atoms with van der Waals surface area (Å²) in [5, 5.41) is 14.9. The number of nitrogens with zero attached hydrogens (tertiary/aromatic N) is 2. The standard InChI is InChI=1S/C23H28FN5O2/c1-12-13(2)27-22(28-14(12)3)19-10-29(11-20(19)25)23(30)18-6-5-15(24)7-21(18)31-17-8-16(9-17)26-4/h5-7,16-17,25-27H,8-11H2,1-4H3/b22-19+,25-20?. The lowest BCUT2D eigenvalue weighted by molar-refractivity contribution is 0.0750. The molecule has 1 aliphatic carbocycles. The van der Waals surface area contributed by atoms with Crippen LogP contribution >= 0.6 is 0 Å². The van der Waals surface area contributed by atoms with Crippen LogP contribution in [-0.2, 0) is 0 Å². The summed E-state index contributed by atoms with van der Waals surface area (Å²) in [6, 6.07) is 4.39. The van der Waals surface area contributed by atoms with Gasteiger partial charge < -0.3 is 25.7 Å². The van der Waals surface area contributed by atoms with Gasteiger partial charge in [0.05, 0.1) is 24.4 Å². The molecule has 0 unspecified atom stereocenters. The molecule has 0 spiro atoms. The van der Waals surface area contributed by atoms with E-state index in [0.29, 0.717) is 28.7 Å². The summed E-state index contributed by atoms with van der Waals surface area (Å²) in [5.74, 6) is 0.155. The molecule has 0 radical (unpaired) electrons. The summed E-state index contributed by atoms with van der Waals surface area (Å²) in [6.07, 6.45) is 1.60. The average molecular weight is 426 g/mol. The number of hydrogen-bond donors (Lipinski definition) is 3. The Bertz CT molecular complexity index is 1040. The van der Waals surface area contributed by atoms with Crippen molar-refractivity contribution >= 4 is 17.3 Å². The Morgan fingerprint density at radius 3 is 2.71 bits per heavy atom. The van der Waals surface area contributed by atoms with Crippen LogP contribution in [0.3, 0.4) is 0 Å². The number of nitrogens with one attached hydrogen (secondary N) is 3. The highest BCUT2D eigenvalue weighted by atomic mass is 19.1. The first-order valence-corrected chi connectivity index (χ1v) is 10.5. The van der Waals surface area contributed by atoms with Gasteiger partial charge in [0.15, 0.2) is 0 Å². The summed E-state index contributed by atoms with van der Waals surface area (Å²) in [6.45, 7) is 6.35. The predicted octanol–water partition coefficient (Wildman–Crippen LogP) is 3.00. The second kappa shape index (κ2) is 8.26. The van der Waals surface area contributed by atoms with Gasteiger partial charge in [-0.15, -0.1) is 0 Å². The van der Waals surface area contributed by atoms with Crippen LogP contribution in [0.4, 0.5) is 4.39 Å². The maximum atomic E-state index is 13.9. The molecule has 1 aromatic rings. The number of carbonyl (C=O) groups excluding carboxylic acids is 1. The van der Waals surface area contributed by atoms with Crippen molar-refractivity contribution in [3.8, 4) is 5.75 Å². The Kier molecular flexibility index (Phi) is 5.66. The van der Waals surface area contributed by atoms with Crippen molar-refractivity contribution in [1.82, 2.24) is 15.5 Å². The molecular formula is C23H28FN5O2. The lowest BCUT2D eigenvalue weighted by Crippen LogP contribution is -2.45. The van der Waals surface area contributed by atoms with Crippen molar-refractivity contribution < 1.29 is 13.9 Å². The monoisotopic (exact) mass is 425 g/mol. The Labute approximate surface area is 181 Å². The number of likely N-dealkylation sites (tertiary alicyclic amines) is 1. The Balaban J connectivity index is 1.55. The van der Waals surface area contributed by atoms with Gasteiger partial charge in [-0.2, -0.15) is 0 Å². The van der Waals surface area contributed by atoms with Crippen LogP contribution < -0.4 is 15.4 Å². The summed E-state index contributed by atoms with van der Waals surface area (Å²) in [4.78, 5) is 19.4. The van der Waals surface area contributed by atoms with Gasteiger partial charge in [-0.05, 0) is 58.4 Å². The second-order valence-corrected chi connectivity index (χ2v) is 8.38. The van der Waals surface area contributed by atoms with E-state index in [2.05, 4.69) is 15.6 Å². The van der Waals surface area contributed by atoms with Crippen molar-refractivity contribution in [3.63, 3.8) is 0 Å². The zero-order chi connectivity index (χ0) is 22.3. The van der Waals surface area contributed by atoms with Crippen LogP contribution in [0.2, 0.25) is 0 Å². The highest BCUT2D eigenvalue weighted by molar-refractivity contribution is 6.09. The molecule has 31 heavy (non-hydrogen) atoms. The van der Waals surface area contributed by atoms with Crippen LogP contribution in [0.1, 0.15) is 44.0 Å². The number of rotatable bonds is 4. The van der Waals surface area contributed by atoms with Gasteiger partial charge in [0.2, 0.25) is 0 Å². The lowest BCUT2D eigenvalue weighted by atomic mass is 9.89. The molecule has 0 atom stereocenters. The fraction of sp³-hybridized carbons (Fsp3) is 0.435. The largest absolute Gasteiger partial charge is 0.489 e. The number of amides is 1. The molecule has 4 rings (SSSR count). The molecule has 3 N–H and O–H groups in total. The molecule has 2 aliphatic heterocycles. The molecule has 3 aliphatic rings. The molecule has 2 fully saturated rings. The lowest BCUT2D eigenvalue weighted by Gasteiger charge is -2.35.